The lowest BCUT2D eigenvalue weighted by Crippen LogP contribution is -1.88. The van der Waals surface area contributed by atoms with E-state index in [4.69, 9.17) is 0 Å². The summed E-state index contributed by atoms with van der Waals surface area (Å²) in [6.45, 7) is 0. The van der Waals surface area contributed by atoms with Crippen molar-refractivity contribution in [2.45, 2.75) is 6.42 Å². The van der Waals surface area contributed by atoms with Gasteiger partial charge in [0.1, 0.15) is 0 Å². The van der Waals surface area contributed by atoms with Crippen LogP contribution in [0, 0.1) is 6.43 Å². The van der Waals surface area contributed by atoms with Gasteiger partial charge in [-0.2, -0.15) is 8.78 Å². The average molecular weight is 191 g/mol. The number of rotatable bonds is 2. The van der Waals surface area contributed by atoms with Crippen LogP contribution >= 0.6 is 0 Å². The zero-order valence-electron chi connectivity index (χ0n) is 7.50. The van der Waals surface area contributed by atoms with E-state index in [1.54, 1.807) is 12.1 Å². The van der Waals surface area contributed by atoms with Crippen LogP contribution < -0.4 is 0 Å². The van der Waals surface area contributed by atoms with Gasteiger partial charge >= 0.3 is 6.43 Å². The molecule has 0 aromatic heterocycles. The largest absolute Gasteiger partial charge is 0.314 e. The maximum absolute atomic E-state index is 12.0. The third kappa shape index (κ3) is 1.90. The molecule has 0 amide bonds. The van der Waals surface area contributed by atoms with E-state index >= 15 is 0 Å². The van der Waals surface area contributed by atoms with Gasteiger partial charge < -0.3 is 0 Å². The van der Waals surface area contributed by atoms with Crippen LogP contribution in [-0.4, -0.2) is 0 Å². The standard InChI is InChI=1S/C12H9F2/c13-12(14)8-9-5-6-10-3-1-2-4-11(10)7-9/h1-7H,8H2. The van der Waals surface area contributed by atoms with E-state index in [1.165, 1.54) is 0 Å². The molecule has 2 rings (SSSR count). The third-order valence-corrected chi connectivity index (χ3v) is 2.15. The molecule has 2 heteroatoms. The fraction of sp³-hybridized carbons (Fsp3) is 0.0833. The Kier molecular flexibility index (Phi) is 2.44. The second-order valence-electron chi connectivity index (χ2n) is 3.20. The van der Waals surface area contributed by atoms with E-state index in [2.05, 4.69) is 0 Å². The molecule has 0 nitrogen and oxygen atoms in total. The van der Waals surface area contributed by atoms with E-state index in [9.17, 15) is 8.78 Å². The summed E-state index contributed by atoms with van der Waals surface area (Å²) in [6.07, 6.45) is -1.79. The molecule has 0 saturated carbocycles. The first kappa shape index (κ1) is 9.13. The van der Waals surface area contributed by atoms with Crippen molar-refractivity contribution in [1.29, 1.82) is 0 Å². The maximum Gasteiger partial charge on any atom is 0.314 e. The summed E-state index contributed by atoms with van der Waals surface area (Å²) in [7, 11) is 0. The van der Waals surface area contributed by atoms with Crippen molar-refractivity contribution in [1.82, 2.24) is 0 Å². The lowest BCUT2D eigenvalue weighted by molar-refractivity contribution is 0.283. The van der Waals surface area contributed by atoms with Gasteiger partial charge in [0.05, 0.1) is 0 Å². The predicted molar refractivity (Wildman–Crippen MR) is 53.1 cm³/mol. The Balaban J connectivity index is 2.41. The minimum atomic E-state index is -1.54. The molecular formula is C12H9F2. The molecule has 0 fully saturated rings. The number of benzene rings is 2. The smallest absolute Gasteiger partial charge is 0.200 e. The van der Waals surface area contributed by atoms with E-state index in [1.807, 2.05) is 30.3 Å². The molecule has 0 N–H and O–H groups in total. The Morgan fingerprint density at radius 3 is 2.36 bits per heavy atom. The van der Waals surface area contributed by atoms with Crippen molar-refractivity contribution >= 4 is 10.8 Å². The lowest BCUT2D eigenvalue weighted by atomic mass is 10.1. The molecule has 0 atom stereocenters. The summed E-state index contributed by atoms with van der Waals surface area (Å²) in [5.41, 5.74) is 0.656. The molecule has 0 aliphatic heterocycles. The van der Waals surface area contributed by atoms with Crippen molar-refractivity contribution in [3.05, 3.63) is 54.5 Å². The molecule has 0 unspecified atom stereocenters. The zero-order valence-corrected chi connectivity index (χ0v) is 7.50. The Bertz CT molecular complexity index is 435. The fourth-order valence-electron chi connectivity index (χ4n) is 1.50. The molecule has 14 heavy (non-hydrogen) atoms. The van der Waals surface area contributed by atoms with Crippen LogP contribution in [0.1, 0.15) is 5.56 Å². The minimum absolute atomic E-state index is 0.245. The van der Waals surface area contributed by atoms with Crippen LogP contribution in [0.25, 0.3) is 10.8 Å². The summed E-state index contributed by atoms with van der Waals surface area (Å²) >= 11 is 0. The highest BCUT2D eigenvalue weighted by atomic mass is 19.3. The molecule has 0 heterocycles. The number of hydrogen-bond acceptors (Lipinski definition) is 0. The topological polar surface area (TPSA) is 0 Å². The van der Waals surface area contributed by atoms with Crippen LogP contribution in [-0.2, 0) is 6.42 Å². The Hall–Kier alpha value is -1.44. The Labute approximate surface area is 81.2 Å². The zero-order chi connectivity index (χ0) is 9.97. The average Bonchev–Trinajstić information content (AvgIpc) is 2.17. The van der Waals surface area contributed by atoms with Gasteiger partial charge in [-0.15, -0.1) is 0 Å². The quantitative estimate of drug-likeness (QED) is 0.677. The predicted octanol–water partition coefficient (Wildman–Crippen LogP) is 3.81. The summed E-state index contributed by atoms with van der Waals surface area (Å²) in [4.78, 5) is 0. The molecule has 2 aromatic carbocycles. The highest BCUT2D eigenvalue weighted by Gasteiger charge is 2.06. The van der Waals surface area contributed by atoms with Gasteiger partial charge in [-0.1, -0.05) is 42.5 Å². The van der Waals surface area contributed by atoms with Gasteiger partial charge in [-0.25, -0.2) is 0 Å². The number of fused-ring (bicyclic) bond motifs is 1. The summed E-state index contributed by atoms with van der Waals surface area (Å²) < 4.78 is 24.1. The summed E-state index contributed by atoms with van der Waals surface area (Å²) in [5, 5.41) is 2.08. The van der Waals surface area contributed by atoms with Gasteiger partial charge in [0.15, 0.2) is 0 Å². The highest BCUT2D eigenvalue weighted by molar-refractivity contribution is 5.82. The molecular weight excluding hydrogens is 182 g/mol. The molecule has 0 bridgehead atoms. The maximum atomic E-state index is 12.0. The molecule has 0 spiro atoms. The van der Waals surface area contributed by atoms with Gasteiger partial charge in [-0.05, 0) is 16.3 Å². The Morgan fingerprint density at radius 1 is 0.929 bits per heavy atom. The van der Waals surface area contributed by atoms with Crippen molar-refractivity contribution in [3.63, 3.8) is 0 Å². The molecule has 71 valence electrons. The van der Waals surface area contributed by atoms with E-state index in [-0.39, 0.29) is 6.42 Å². The minimum Gasteiger partial charge on any atom is -0.200 e. The second kappa shape index (κ2) is 3.74. The summed E-state index contributed by atoms with van der Waals surface area (Å²) in [5.74, 6) is 0. The third-order valence-electron chi connectivity index (χ3n) is 2.15. The van der Waals surface area contributed by atoms with Crippen LogP contribution in [0.5, 0.6) is 0 Å². The molecule has 0 aliphatic carbocycles. The molecule has 0 saturated heterocycles. The van der Waals surface area contributed by atoms with Gasteiger partial charge in [0.2, 0.25) is 0 Å². The van der Waals surface area contributed by atoms with Crippen molar-refractivity contribution < 1.29 is 8.78 Å². The first-order valence-corrected chi connectivity index (χ1v) is 4.40. The Morgan fingerprint density at radius 2 is 1.64 bits per heavy atom. The number of hydrogen-bond donors (Lipinski definition) is 0. The highest BCUT2D eigenvalue weighted by Crippen LogP contribution is 2.19. The van der Waals surface area contributed by atoms with Crippen molar-refractivity contribution in [2.24, 2.45) is 0 Å². The number of halogens is 2. The van der Waals surface area contributed by atoms with Crippen molar-refractivity contribution in [2.75, 3.05) is 0 Å². The van der Waals surface area contributed by atoms with E-state index in [0.29, 0.717) is 5.56 Å². The van der Waals surface area contributed by atoms with Gasteiger partial charge in [-0.3, -0.25) is 0 Å². The molecule has 0 aliphatic rings. The molecule has 1 radical (unpaired) electrons. The van der Waals surface area contributed by atoms with E-state index < -0.39 is 6.43 Å². The van der Waals surface area contributed by atoms with Crippen LogP contribution in [0.2, 0.25) is 0 Å². The second-order valence-corrected chi connectivity index (χ2v) is 3.20. The van der Waals surface area contributed by atoms with Crippen LogP contribution in [0.4, 0.5) is 8.78 Å². The fourth-order valence-corrected chi connectivity index (χ4v) is 1.50. The van der Waals surface area contributed by atoms with Crippen molar-refractivity contribution in [3.8, 4) is 0 Å². The molecule has 2 aromatic rings. The van der Waals surface area contributed by atoms with E-state index in [0.717, 1.165) is 10.8 Å². The first-order chi connectivity index (χ1) is 6.75. The van der Waals surface area contributed by atoms with Gasteiger partial charge in [0, 0.05) is 6.42 Å². The normalized spacial score (nSPS) is 11.1. The van der Waals surface area contributed by atoms with Gasteiger partial charge in [0.25, 0.3) is 0 Å². The van der Waals surface area contributed by atoms with Crippen LogP contribution in [0.15, 0.2) is 42.5 Å². The summed E-state index contributed by atoms with van der Waals surface area (Å²) in [6, 6.07) is 13.1. The first-order valence-electron chi connectivity index (χ1n) is 4.40. The lowest BCUT2D eigenvalue weighted by Gasteiger charge is -2.01. The monoisotopic (exact) mass is 191 g/mol. The SMILES string of the molecule is F[C](F)Cc1ccc2ccccc2c1. The van der Waals surface area contributed by atoms with Crippen LogP contribution in [0.3, 0.4) is 0 Å².